The number of aryl methyl sites for hydroxylation is 1. The van der Waals surface area contributed by atoms with Crippen molar-refractivity contribution in [3.05, 3.63) is 52.9 Å². The van der Waals surface area contributed by atoms with Crippen LogP contribution in [0.2, 0.25) is 0 Å². The predicted octanol–water partition coefficient (Wildman–Crippen LogP) is 3.83. The molecule has 0 radical (unpaired) electrons. The monoisotopic (exact) mass is 371 g/mol. The highest BCUT2D eigenvalue weighted by molar-refractivity contribution is 8.26. The van der Waals surface area contributed by atoms with Gasteiger partial charge in [0, 0.05) is 46.7 Å². The maximum Gasteiger partial charge on any atom is 0.263 e. The van der Waals surface area contributed by atoms with Crippen LogP contribution in [-0.4, -0.2) is 20.2 Å². The Kier molecular flexibility index (Phi) is 3.85. The number of rotatable bonds is 2. The molecule has 8 heteroatoms. The molecule has 124 valence electrons. The number of carbonyl (C=O) groups is 1. The smallest absolute Gasteiger partial charge is 0.263 e. The molecular formula is C17H10FN3O2S2. The van der Waals surface area contributed by atoms with Gasteiger partial charge in [-0.25, -0.2) is 4.98 Å². The van der Waals surface area contributed by atoms with E-state index in [0.29, 0.717) is 37.3 Å². The molecule has 1 aliphatic rings. The van der Waals surface area contributed by atoms with E-state index < -0.39 is 5.95 Å². The van der Waals surface area contributed by atoms with Gasteiger partial charge in [-0.05, 0) is 19.1 Å². The lowest BCUT2D eigenvalue weighted by molar-refractivity contribution is -0.115. The van der Waals surface area contributed by atoms with Gasteiger partial charge in [-0.15, -0.1) is 0 Å². The molecule has 0 spiro atoms. The van der Waals surface area contributed by atoms with E-state index >= 15 is 0 Å². The van der Waals surface area contributed by atoms with Crippen LogP contribution in [-0.2, 0) is 4.79 Å². The van der Waals surface area contributed by atoms with Gasteiger partial charge in [0.2, 0.25) is 5.95 Å². The van der Waals surface area contributed by atoms with Crippen molar-refractivity contribution in [1.29, 1.82) is 0 Å². The number of hydrogen-bond acceptors (Lipinski definition) is 6. The molecule has 3 aromatic heterocycles. The molecule has 1 fully saturated rings. The fourth-order valence-electron chi connectivity index (χ4n) is 2.51. The van der Waals surface area contributed by atoms with Crippen molar-refractivity contribution >= 4 is 51.3 Å². The fraction of sp³-hybridized carbons (Fsp3) is 0.0588. The second-order valence-corrected chi connectivity index (χ2v) is 7.16. The summed E-state index contributed by atoms with van der Waals surface area (Å²) in [5, 5.41) is 3.33. The van der Waals surface area contributed by atoms with Crippen molar-refractivity contribution in [1.82, 2.24) is 15.3 Å². The van der Waals surface area contributed by atoms with Crippen molar-refractivity contribution in [2.24, 2.45) is 0 Å². The first-order valence-electron chi connectivity index (χ1n) is 7.26. The van der Waals surface area contributed by atoms with E-state index in [1.165, 1.54) is 18.0 Å². The number of fused-ring (bicyclic) bond motifs is 1. The minimum Gasteiger partial charge on any atom is -0.456 e. The number of thiocarbonyl (C=S) groups is 1. The van der Waals surface area contributed by atoms with Gasteiger partial charge in [0.25, 0.3) is 5.91 Å². The molecule has 0 aromatic carbocycles. The second kappa shape index (κ2) is 6.05. The van der Waals surface area contributed by atoms with Gasteiger partial charge in [0.1, 0.15) is 15.7 Å². The topological polar surface area (TPSA) is 68.0 Å². The van der Waals surface area contributed by atoms with Gasteiger partial charge in [0.05, 0.1) is 4.91 Å². The normalized spacial score (nSPS) is 16.0. The fourth-order valence-corrected chi connectivity index (χ4v) is 3.54. The van der Waals surface area contributed by atoms with Gasteiger partial charge >= 0.3 is 0 Å². The van der Waals surface area contributed by atoms with Gasteiger partial charge < -0.3 is 9.73 Å². The zero-order valence-electron chi connectivity index (χ0n) is 12.9. The number of pyridine rings is 2. The highest BCUT2D eigenvalue weighted by Crippen LogP contribution is 2.33. The van der Waals surface area contributed by atoms with E-state index in [9.17, 15) is 9.18 Å². The molecule has 4 heterocycles. The minimum absolute atomic E-state index is 0.243. The number of thioether (sulfide) groups is 1. The number of furan rings is 1. The van der Waals surface area contributed by atoms with Crippen LogP contribution >= 0.6 is 24.0 Å². The molecule has 1 saturated heterocycles. The van der Waals surface area contributed by atoms with Crippen molar-refractivity contribution < 1.29 is 13.6 Å². The quantitative estimate of drug-likeness (QED) is 0.420. The number of nitrogens with one attached hydrogen (secondary N) is 1. The van der Waals surface area contributed by atoms with Gasteiger partial charge in [-0.3, -0.25) is 9.78 Å². The molecule has 1 aliphatic heterocycles. The lowest BCUT2D eigenvalue weighted by Crippen LogP contribution is -2.17. The summed E-state index contributed by atoms with van der Waals surface area (Å²) < 4.78 is 19.7. The number of carbonyl (C=O) groups excluding carboxylic acids is 1. The molecule has 5 nitrogen and oxygen atoms in total. The molecule has 0 unspecified atom stereocenters. The van der Waals surface area contributed by atoms with E-state index in [1.54, 1.807) is 37.5 Å². The molecule has 0 saturated carbocycles. The zero-order valence-corrected chi connectivity index (χ0v) is 14.5. The van der Waals surface area contributed by atoms with Crippen LogP contribution in [0.15, 0.2) is 40.0 Å². The van der Waals surface area contributed by atoms with E-state index in [0.717, 1.165) is 5.39 Å². The Labute approximate surface area is 151 Å². The summed E-state index contributed by atoms with van der Waals surface area (Å²) in [5.74, 6) is -0.237. The molecule has 0 aliphatic carbocycles. The third-order valence-electron chi connectivity index (χ3n) is 3.68. The van der Waals surface area contributed by atoms with Crippen LogP contribution in [0, 0.1) is 12.9 Å². The number of nitrogens with zero attached hydrogens (tertiary/aromatic N) is 2. The highest BCUT2D eigenvalue weighted by atomic mass is 32.2. The lowest BCUT2D eigenvalue weighted by Gasteiger charge is -2.03. The van der Waals surface area contributed by atoms with Crippen molar-refractivity contribution in [2.75, 3.05) is 0 Å². The number of halogens is 1. The summed E-state index contributed by atoms with van der Waals surface area (Å²) >= 11 is 6.16. The maximum atomic E-state index is 13.4. The van der Waals surface area contributed by atoms with Gasteiger partial charge in [-0.1, -0.05) is 24.0 Å². The Morgan fingerprint density at radius 2 is 2.16 bits per heavy atom. The van der Waals surface area contributed by atoms with Crippen molar-refractivity contribution in [2.45, 2.75) is 6.92 Å². The Hall–Kier alpha value is -2.58. The largest absolute Gasteiger partial charge is 0.456 e. The van der Waals surface area contributed by atoms with E-state index in [4.69, 9.17) is 16.6 Å². The van der Waals surface area contributed by atoms with Crippen LogP contribution in [0.4, 0.5) is 4.39 Å². The summed E-state index contributed by atoms with van der Waals surface area (Å²) in [6.07, 6.45) is 6.39. The standard InChI is InChI=1S/C17H10FN3O2S2/c1-8-2-9(6-20-15(8)18)12-7-19-5-10-3-11(23-14(10)12)4-13-16(22)21-17(24)25-13/h2-7H,1H3,(H,21,22,24). The summed E-state index contributed by atoms with van der Waals surface area (Å²) in [7, 11) is 0. The summed E-state index contributed by atoms with van der Waals surface area (Å²) in [6.45, 7) is 1.65. The van der Waals surface area contributed by atoms with Crippen LogP contribution in [0.25, 0.3) is 28.2 Å². The zero-order chi connectivity index (χ0) is 17.6. The first kappa shape index (κ1) is 15.9. The number of hydrogen-bond donors (Lipinski definition) is 1. The molecule has 25 heavy (non-hydrogen) atoms. The molecule has 4 rings (SSSR count). The first-order chi connectivity index (χ1) is 12.0. The molecular weight excluding hydrogens is 361 g/mol. The average Bonchev–Trinajstić information content (AvgIpc) is 3.12. The third-order valence-corrected chi connectivity index (χ3v) is 4.85. The van der Waals surface area contributed by atoms with Crippen LogP contribution in [0.1, 0.15) is 11.3 Å². The summed E-state index contributed by atoms with van der Waals surface area (Å²) in [6, 6.07) is 3.48. The number of aromatic nitrogens is 2. The number of amides is 1. The predicted molar refractivity (Wildman–Crippen MR) is 98.2 cm³/mol. The molecule has 3 aromatic rings. The first-order valence-corrected chi connectivity index (χ1v) is 8.48. The van der Waals surface area contributed by atoms with Crippen molar-refractivity contribution in [3.8, 4) is 11.1 Å². The molecule has 0 atom stereocenters. The maximum absolute atomic E-state index is 13.4. The second-order valence-electron chi connectivity index (χ2n) is 5.44. The molecule has 1 amide bonds. The summed E-state index contributed by atoms with van der Waals surface area (Å²) in [5.41, 5.74) is 2.45. The highest BCUT2D eigenvalue weighted by Gasteiger charge is 2.23. The SMILES string of the molecule is Cc1cc(-c2cncc3cc(C=C4SC(=S)NC4=O)oc23)cnc1F. The molecule has 1 N–H and O–H groups in total. The lowest BCUT2D eigenvalue weighted by atomic mass is 10.1. The molecule has 0 bridgehead atoms. The third kappa shape index (κ3) is 2.94. The Bertz CT molecular complexity index is 1070. The Morgan fingerprint density at radius 1 is 1.32 bits per heavy atom. The van der Waals surface area contributed by atoms with E-state index in [2.05, 4.69) is 15.3 Å². The minimum atomic E-state index is -0.506. The van der Waals surface area contributed by atoms with E-state index in [1.807, 2.05) is 0 Å². The average molecular weight is 371 g/mol. The van der Waals surface area contributed by atoms with Gasteiger partial charge in [0.15, 0.2) is 0 Å². The van der Waals surface area contributed by atoms with Crippen LogP contribution < -0.4 is 5.32 Å². The summed E-state index contributed by atoms with van der Waals surface area (Å²) in [4.78, 5) is 20.2. The Balaban J connectivity index is 1.81. The van der Waals surface area contributed by atoms with E-state index in [-0.39, 0.29) is 5.91 Å². The van der Waals surface area contributed by atoms with Crippen LogP contribution in [0.5, 0.6) is 0 Å². The van der Waals surface area contributed by atoms with Gasteiger partial charge in [-0.2, -0.15) is 4.39 Å². The van der Waals surface area contributed by atoms with Crippen LogP contribution in [0.3, 0.4) is 0 Å². The Morgan fingerprint density at radius 3 is 2.88 bits per heavy atom. The van der Waals surface area contributed by atoms with Crippen molar-refractivity contribution in [3.63, 3.8) is 0 Å².